The Morgan fingerprint density at radius 3 is 2.68 bits per heavy atom. The molecule has 3 rings (SSSR count). The molecule has 0 atom stereocenters. The van der Waals surface area contributed by atoms with Crippen LogP contribution in [0.25, 0.3) is 0 Å². The number of hydrogen-bond donors (Lipinski definition) is 0. The first-order valence-electron chi connectivity index (χ1n) is 6.92. The molecule has 1 aliphatic heterocycles. The van der Waals surface area contributed by atoms with Crippen LogP contribution in [-0.4, -0.2) is 19.7 Å². The maximum absolute atomic E-state index is 5.99. The average molecular weight is 273 g/mol. The predicted molar refractivity (Wildman–Crippen MR) is 81.4 cm³/mol. The van der Waals surface area contributed by atoms with Crippen LogP contribution in [0.4, 0.5) is 5.69 Å². The number of benzene rings is 1. The van der Waals surface area contributed by atoms with Gasteiger partial charge in [-0.3, -0.25) is 0 Å². The average Bonchev–Trinajstić information content (AvgIpc) is 3.12. The van der Waals surface area contributed by atoms with Crippen molar-refractivity contribution in [2.45, 2.75) is 19.3 Å². The molecule has 0 bridgehead atoms. The SMILES string of the molecule is c1csc(CCOc2ccccc2N2CCCC2)c1. The molecule has 2 nitrogen and oxygen atoms in total. The lowest BCUT2D eigenvalue weighted by Crippen LogP contribution is -2.18. The zero-order valence-electron chi connectivity index (χ0n) is 11.0. The maximum Gasteiger partial charge on any atom is 0.142 e. The van der Waals surface area contributed by atoms with Gasteiger partial charge in [-0.05, 0) is 36.4 Å². The molecule has 0 spiro atoms. The highest BCUT2D eigenvalue weighted by molar-refractivity contribution is 7.09. The number of para-hydroxylation sites is 2. The lowest BCUT2D eigenvalue weighted by Gasteiger charge is -2.21. The fourth-order valence-electron chi connectivity index (χ4n) is 2.51. The summed E-state index contributed by atoms with van der Waals surface area (Å²) in [5, 5.41) is 2.12. The molecule has 19 heavy (non-hydrogen) atoms. The van der Waals surface area contributed by atoms with Gasteiger partial charge in [0.2, 0.25) is 0 Å². The van der Waals surface area contributed by atoms with E-state index >= 15 is 0 Å². The summed E-state index contributed by atoms with van der Waals surface area (Å²) in [5.41, 5.74) is 1.26. The zero-order valence-corrected chi connectivity index (χ0v) is 11.9. The van der Waals surface area contributed by atoms with Crippen molar-refractivity contribution in [2.75, 3.05) is 24.6 Å². The molecule has 0 aliphatic carbocycles. The summed E-state index contributed by atoms with van der Waals surface area (Å²) in [6.07, 6.45) is 3.58. The van der Waals surface area contributed by atoms with Crippen LogP contribution in [0.5, 0.6) is 5.75 Å². The second-order valence-corrected chi connectivity index (χ2v) is 5.87. The summed E-state index contributed by atoms with van der Waals surface area (Å²) in [5.74, 6) is 1.03. The van der Waals surface area contributed by atoms with E-state index in [-0.39, 0.29) is 0 Å². The molecule has 1 saturated heterocycles. The molecule has 0 amide bonds. The lowest BCUT2D eigenvalue weighted by atomic mass is 10.2. The Kier molecular flexibility index (Phi) is 4.04. The molecule has 0 radical (unpaired) electrons. The molecule has 100 valence electrons. The van der Waals surface area contributed by atoms with Gasteiger partial charge in [0.05, 0.1) is 12.3 Å². The highest BCUT2D eigenvalue weighted by Crippen LogP contribution is 2.30. The Balaban J connectivity index is 1.63. The number of anilines is 1. The third-order valence-corrected chi connectivity index (χ3v) is 4.43. The molecule has 1 fully saturated rings. The van der Waals surface area contributed by atoms with E-state index < -0.39 is 0 Å². The summed E-state index contributed by atoms with van der Waals surface area (Å²) < 4.78 is 5.99. The van der Waals surface area contributed by atoms with Gasteiger partial charge in [0.15, 0.2) is 0 Å². The van der Waals surface area contributed by atoms with E-state index in [1.54, 1.807) is 11.3 Å². The fraction of sp³-hybridized carbons (Fsp3) is 0.375. The smallest absolute Gasteiger partial charge is 0.142 e. The van der Waals surface area contributed by atoms with Crippen LogP contribution in [0.2, 0.25) is 0 Å². The Bertz CT molecular complexity index is 503. The number of hydrogen-bond acceptors (Lipinski definition) is 3. The number of nitrogens with zero attached hydrogens (tertiary/aromatic N) is 1. The molecule has 0 N–H and O–H groups in total. The third kappa shape index (κ3) is 3.10. The summed E-state index contributed by atoms with van der Waals surface area (Å²) in [7, 11) is 0. The Hall–Kier alpha value is -1.48. The molecule has 0 unspecified atom stereocenters. The van der Waals surface area contributed by atoms with Crippen molar-refractivity contribution in [3.63, 3.8) is 0 Å². The van der Waals surface area contributed by atoms with Crippen molar-refractivity contribution in [1.29, 1.82) is 0 Å². The first kappa shape index (κ1) is 12.5. The number of rotatable bonds is 5. The van der Waals surface area contributed by atoms with Crippen molar-refractivity contribution in [2.24, 2.45) is 0 Å². The van der Waals surface area contributed by atoms with Crippen molar-refractivity contribution in [3.8, 4) is 5.75 Å². The van der Waals surface area contributed by atoms with E-state index in [9.17, 15) is 0 Å². The van der Waals surface area contributed by atoms with Gasteiger partial charge in [-0.2, -0.15) is 0 Å². The van der Waals surface area contributed by atoms with Crippen molar-refractivity contribution >= 4 is 17.0 Å². The highest BCUT2D eigenvalue weighted by atomic mass is 32.1. The normalized spacial score (nSPS) is 14.8. The van der Waals surface area contributed by atoms with Crippen LogP contribution in [0.15, 0.2) is 41.8 Å². The van der Waals surface area contributed by atoms with Gasteiger partial charge in [0.25, 0.3) is 0 Å². The van der Waals surface area contributed by atoms with E-state index in [4.69, 9.17) is 4.74 Å². The summed E-state index contributed by atoms with van der Waals surface area (Å²) in [6.45, 7) is 3.07. The van der Waals surface area contributed by atoms with Crippen LogP contribution in [0, 0.1) is 0 Å². The molecule has 2 aromatic rings. The van der Waals surface area contributed by atoms with E-state index in [0.29, 0.717) is 0 Å². The van der Waals surface area contributed by atoms with Gasteiger partial charge < -0.3 is 9.64 Å². The first-order valence-corrected chi connectivity index (χ1v) is 7.80. The van der Waals surface area contributed by atoms with Crippen molar-refractivity contribution in [1.82, 2.24) is 0 Å². The number of thiophene rings is 1. The van der Waals surface area contributed by atoms with E-state index in [1.165, 1.54) is 23.4 Å². The highest BCUT2D eigenvalue weighted by Gasteiger charge is 2.15. The minimum Gasteiger partial charge on any atom is -0.491 e. The minimum absolute atomic E-state index is 0.755. The van der Waals surface area contributed by atoms with Gasteiger partial charge >= 0.3 is 0 Å². The van der Waals surface area contributed by atoms with E-state index in [2.05, 4.69) is 46.7 Å². The van der Waals surface area contributed by atoms with E-state index in [0.717, 1.165) is 31.9 Å². The summed E-state index contributed by atoms with van der Waals surface area (Å²) in [6, 6.07) is 12.7. The fourth-order valence-corrected chi connectivity index (χ4v) is 3.21. The van der Waals surface area contributed by atoms with Crippen LogP contribution in [-0.2, 0) is 6.42 Å². The zero-order chi connectivity index (χ0) is 12.9. The van der Waals surface area contributed by atoms with Gasteiger partial charge in [0.1, 0.15) is 5.75 Å². The van der Waals surface area contributed by atoms with Gasteiger partial charge in [0, 0.05) is 24.4 Å². The number of ether oxygens (including phenoxy) is 1. The van der Waals surface area contributed by atoms with Crippen LogP contribution in [0.3, 0.4) is 0 Å². The van der Waals surface area contributed by atoms with Crippen molar-refractivity contribution in [3.05, 3.63) is 46.7 Å². The minimum atomic E-state index is 0.755. The molecule has 0 saturated carbocycles. The molecular formula is C16H19NOS. The predicted octanol–water partition coefficient (Wildman–Crippen LogP) is 3.97. The Morgan fingerprint density at radius 1 is 1.05 bits per heavy atom. The monoisotopic (exact) mass is 273 g/mol. The van der Waals surface area contributed by atoms with Crippen molar-refractivity contribution < 1.29 is 4.74 Å². The van der Waals surface area contributed by atoms with Crippen LogP contribution < -0.4 is 9.64 Å². The van der Waals surface area contributed by atoms with E-state index in [1.807, 2.05) is 0 Å². The molecule has 2 heterocycles. The summed E-state index contributed by atoms with van der Waals surface area (Å²) in [4.78, 5) is 3.82. The van der Waals surface area contributed by atoms with Crippen LogP contribution in [0.1, 0.15) is 17.7 Å². The first-order chi connectivity index (χ1) is 9.43. The Labute approximate surface area is 118 Å². The second kappa shape index (κ2) is 6.11. The van der Waals surface area contributed by atoms with Gasteiger partial charge in [-0.1, -0.05) is 18.2 Å². The molecule has 1 aromatic heterocycles. The van der Waals surface area contributed by atoms with Crippen LogP contribution >= 0.6 is 11.3 Å². The lowest BCUT2D eigenvalue weighted by molar-refractivity contribution is 0.323. The third-order valence-electron chi connectivity index (χ3n) is 3.50. The molecular weight excluding hydrogens is 254 g/mol. The maximum atomic E-state index is 5.99. The van der Waals surface area contributed by atoms with Gasteiger partial charge in [-0.15, -0.1) is 11.3 Å². The van der Waals surface area contributed by atoms with Gasteiger partial charge in [-0.25, -0.2) is 0 Å². The molecule has 1 aromatic carbocycles. The molecule has 3 heteroatoms. The summed E-state index contributed by atoms with van der Waals surface area (Å²) >= 11 is 1.80. The molecule has 1 aliphatic rings. The largest absolute Gasteiger partial charge is 0.491 e. The topological polar surface area (TPSA) is 12.5 Å². The quantitative estimate of drug-likeness (QED) is 0.817. The second-order valence-electron chi connectivity index (χ2n) is 4.84. The standard InChI is InChI=1S/C16H19NOS/c1-2-8-16(15(7-1)17-10-3-4-11-17)18-12-9-14-6-5-13-19-14/h1-2,5-8,13H,3-4,9-12H2. The Morgan fingerprint density at radius 2 is 1.89 bits per heavy atom.